The van der Waals surface area contributed by atoms with Gasteiger partial charge in [0, 0.05) is 43.7 Å². The largest absolute Gasteiger partial charge is 0.503 e. The summed E-state index contributed by atoms with van der Waals surface area (Å²) in [7, 11) is 0. The molecule has 1 atom stereocenters. The van der Waals surface area contributed by atoms with Crippen LogP contribution in [0.2, 0.25) is 0 Å². The van der Waals surface area contributed by atoms with E-state index in [2.05, 4.69) is 26.1 Å². The lowest BCUT2D eigenvalue weighted by Gasteiger charge is -2.32. The molecule has 1 fully saturated rings. The van der Waals surface area contributed by atoms with E-state index in [1.54, 1.807) is 4.90 Å². The van der Waals surface area contributed by atoms with Crippen LogP contribution < -0.4 is 5.32 Å². The lowest BCUT2D eigenvalue weighted by atomic mass is 9.97. The quantitative estimate of drug-likeness (QED) is 0.775. The standard InChI is InChI=1S/C18H22BrN3O3/c1-12(23)15-16(13-2-4-14(19)5-3-13)22(18(25)17(15)24)11-10-21-8-6-20-7-9-21/h2-5,16,20,24H,6-11H2,1H3/t16-/m0/s1. The van der Waals surface area contributed by atoms with E-state index in [-0.39, 0.29) is 11.4 Å². The Morgan fingerprint density at radius 1 is 1.24 bits per heavy atom. The molecule has 0 spiro atoms. The number of nitrogens with zero attached hydrogens (tertiary/aromatic N) is 2. The summed E-state index contributed by atoms with van der Waals surface area (Å²) >= 11 is 3.40. The highest BCUT2D eigenvalue weighted by Crippen LogP contribution is 2.37. The Kier molecular flexibility index (Phi) is 5.56. The molecule has 1 aromatic carbocycles. The predicted octanol–water partition coefficient (Wildman–Crippen LogP) is 1.64. The lowest BCUT2D eigenvalue weighted by molar-refractivity contribution is -0.129. The fraction of sp³-hybridized carbons (Fsp3) is 0.444. The average molecular weight is 408 g/mol. The number of carbonyl (C=O) groups excluding carboxylic acids is 2. The van der Waals surface area contributed by atoms with Crippen LogP contribution in [0.1, 0.15) is 18.5 Å². The molecule has 1 aromatic rings. The number of rotatable bonds is 5. The molecule has 0 radical (unpaired) electrons. The van der Waals surface area contributed by atoms with Gasteiger partial charge < -0.3 is 15.3 Å². The monoisotopic (exact) mass is 407 g/mol. The van der Waals surface area contributed by atoms with Gasteiger partial charge in [-0.05, 0) is 24.6 Å². The number of aliphatic hydroxyl groups excluding tert-OH is 1. The number of piperazine rings is 1. The van der Waals surface area contributed by atoms with Crippen molar-refractivity contribution in [2.45, 2.75) is 13.0 Å². The number of carbonyl (C=O) groups is 2. The molecule has 2 aliphatic heterocycles. The molecule has 134 valence electrons. The molecule has 0 bridgehead atoms. The molecular formula is C18H22BrN3O3. The molecule has 0 saturated carbocycles. The number of ketones is 1. The van der Waals surface area contributed by atoms with Gasteiger partial charge in [-0.1, -0.05) is 28.1 Å². The van der Waals surface area contributed by atoms with Crippen molar-refractivity contribution in [2.75, 3.05) is 39.3 Å². The van der Waals surface area contributed by atoms with E-state index in [4.69, 9.17) is 0 Å². The summed E-state index contributed by atoms with van der Waals surface area (Å²) in [4.78, 5) is 28.5. The zero-order valence-corrected chi connectivity index (χ0v) is 15.8. The third-order valence-corrected chi connectivity index (χ3v) is 5.26. The van der Waals surface area contributed by atoms with Crippen molar-refractivity contribution in [2.24, 2.45) is 0 Å². The van der Waals surface area contributed by atoms with Crippen LogP contribution in [0.25, 0.3) is 0 Å². The van der Waals surface area contributed by atoms with Gasteiger partial charge in [-0.3, -0.25) is 14.5 Å². The van der Waals surface area contributed by atoms with Crippen LogP contribution in [-0.4, -0.2) is 65.9 Å². The summed E-state index contributed by atoms with van der Waals surface area (Å²) in [6.07, 6.45) is 0. The van der Waals surface area contributed by atoms with Crippen molar-refractivity contribution in [3.63, 3.8) is 0 Å². The Morgan fingerprint density at radius 3 is 2.48 bits per heavy atom. The summed E-state index contributed by atoms with van der Waals surface area (Å²) in [5, 5.41) is 13.6. The minimum absolute atomic E-state index is 0.188. The highest BCUT2D eigenvalue weighted by atomic mass is 79.9. The lowest BCUT2D eigenvalue weighted by Crippen LogP contribution is -2.47. The van der Waals surface area contributed by atoms with Crippen LogP contribution >= 0.6 is 15.9 Å². The number of amides is 1. The maximum Gasteiger partial charge on any atom is 0.290 e. The van der Waals surface area contributed by atoms with E-state index in [0.717, 1.165) is 42.8 Å². The first-order chi connectivity index (χ1) is 12.0. The number of aliphatic hydroxyl groups is 1. The number of nitrogens with one attached hydrogen (secondary N) is 1. The van der Waals surface area contributed by atoms with E-state index in [9.17, 15) is 14.7 Å². The van der Waals surface area contributed by atoms with Crippen LogP contribution in [0.15, 0.2) is 40.1 Å². The average Bonchev–Trinajstić information content (AvgIpc) is 2.86. The van der Waals surface area contributed by atoms with Crippen LogP contribution in [0.4, 0.5) is 0 Å². The van der Waals surface area contributed by atoms with Gasteiger partial charge in [0.25, 0.3) is 5.91 Å². The number of halogens is 1. The molecule has 1 amide bonds. The molecule has 6 nitrogen and oxygen atoms in total. The third-order valence-electron chi connectivity index (χ3n) is 4.74. The van der Waals surface area contributed by atoms with Crippen molar-refractivity contribution >= 4 is 27.6 Å². The maximum atomic E-state index is 12.6. The minimum Gasteiger partial charge on any atom is -0.503 e. The second kappa shape index (κ2) is 7.68. The SMILES string of the molecule is CC(=O)C1=C(O)C(=O)N(CCN2CCNCC2)[C@H]1c1ccc(Br)cc1. The first-order valence-electron chi connectivity index (χ1n) is 8.42. The van der Waals surface area contributed by atoms with Gasteiger partial charge in [-0.15, -0.1) is 0 Å². The number of benzene rings is 1. The topological polar surface area (TPSA) is 72.9 Å². The van der Waals surface area contributed by atoms with E-state index < -0.39 is 17.7 Å². The van der Waals surface area contributed by atoms with Crippen LogP contribution in [0.5, 0.6) is 0 Å². The Bertz CT molecular complexity index is 696. The smallest absolute Gasteiger partial charge is 0.290 e. The van der Waals surface area contributed by atoms with Gasteiger partial charge in [-0.25, -0.2) is 0 Å². The zero-order valence-electron chi connectivity index (χ0n) is 14.2. The van der Waals surface area contributed by atoms with Crippen LogP contribution in [-0.2, 0) is 9.59 Å². The van der Waals surface area contributed by atoms with Gasteiger partial charge in [0.1, 0.15) is 0 Å². The van der Waals surface area contributed by atoms with Gasteiger partial charge in [-0.2, -0.15) is 0 Å². The molecule has 25 heavy (non-hydrogen) atoms. The summed E-state index contributed by atoms with van der Waals surface area (Å²) in [6.45, 7) is 6.33. The maximum absolute atomic E-state index is 12.6. The van der Waals surface area contributed by atoms with E-state index >= 15 is 0 Å². The molecule has 1 saturated heterocycles. The fourth-order valence-corrected chi connectivity index (χ4v) is 3.68. The van der Waals surface area contributed by atoms with Crippen LogP contribution in [0.3, 0.4) is 0 Å². The van der Waals surface area contributed by atoms with Crippen molar-refractivity contribution in [1.82, 2.24) is 15.1 Å². The molecule has 0 aromatic heterocycles. The summed E-state index contributed by atoms with van der Waals surface area (Å²) in [5.74, 6) is -1.16. The van der Waals surface area contributed by atoms with Crippen molar-refractivity contribution in [3.05, 3.63) is 45.6 Å². The van der Waals surface area contributed by atoms with Crippen molar-refractivity contribution in [1.29, 1.82) is 0 Å². The Hall–Kier alpha value is -1.70. The summed E-state index contributed by atoms with van der Waals surface area (Å²) in [5.41, 5.74) is 1.01. The predicted molar refractivity (Wildman–Crippen MR) is 98.2 cm³/mol. The van der Waals surface area contributed by atoms with Gasteiger partial charge >= 0.3 is 0 Å². The van der Waals surface area contributed by atoms with Gasteiger partial charge in [0.2, 0.25) is 0 Å². The summed E-state index contributed by atoms with van der Waals surface area (Å²) in [6, 6.07) is 6.98. The van der Waals surface area contributed by atoms with E-state index in [1.165, 1.54) is 6.92 Å². The molecule has 2 aliphatic rings. The Morgan fingerprint density at radius 2 is 1.88 bits per heavy atom. The van der Waals surface area contributed by atoms with Crippen LogP contribution in [0, 0.1) is 0 Å². The minimum atomic E-state index is -0.527. The molecule has 0 unspecified atom stereocenters. The molecular weight excluding hydrogens is 386 g/mol. The first-order valence-corrected chi connectivity index (χ1v) is 9.22. The molecule has 0 aliphatic carbocycles. The molecule has 7 heteroatoms. The third kappa shape index (κ3) is 3.78. The Labute approximate surface area is 155 Å². The van der Waals surface area contributed by atoms with Crippen molar-refractivity contribution < 1.29 is 14.7 Å². The zero-order chi connectivity index (χ0) is 18.0. The second-order valence-corrected chi connectivity index (χ2v) is 7.28. The van der Waals surface area contributed by atoms with Crippen molar-refractivity contribution in [3.8, 4) is 0 Å². The summed E-state index contributed by atoms with van der Waals surface area (Å²) < 4.78 is 0.922. The Balaban J connectivity index is 1.85. The molecule has 3 rings (SSSR count). The second-order valence-electron chi connectivity index (χ2n) is 6.36. The molecule has 2 N–H and O–H groups in total. The normalized spacial score (nSPS) is 21.9. The van der Waals surface area contributed by atoms with E-state index in [1.807, 2.05) is 24.3 Å². The first kappa shape index (κ1) is 18.1. The van der Waals surface area contributed by atoms with Gasteiger partial charge in [0.05, 0.1) is 11.6 Å². The highest BCUT2D eigenvalue weighted by molar-refractivity contribution is 9.10. The number of hydrogen-bond acceptors (Lipinski definition) is 5. The number of Topliss-reactive ketones (excluding diaryl/α,β-unsaturated/α-hetero) is 1. The highest BCUT2D eigenvalue weighted by Gasteiger charge is 2.42. The molecule has 2 heterocycles. The number of hydrogen-bond donors (Lipinski definition) is 2. The van der Waals surface area contributed by atoms with Gasteiger partial charge in [0.15, 0.2) is 11.5 Å². The van der Waals surface area contributed by atoms with E-state index in [0.29, 0.717) is 6.54 Å². The fourth-order valence-electron chi connectivity index (χ4n) is 3.42.